The first-order chi connectivity index (χ1) is 16.4. The number of ether oxygens (including phenoxy) is 1. The second-order valence-corrected chi connectivity index (χ2v) is 10.9. The average molecular weight is 496 g/mol. The van der Waals surface area contributed by atoms with Gasteiger partial charge in [0.25, 0.3) is 0 Å². The fourth-order valence-electron chi connectivity index (χ4n) is 3.46. The number of hydrogen-bond acceptors (Lipinski definition) is 7. The summed E-state index contributed by atoms with van der Waals surface area (Å²) in [6, 6.07) is 20.1. The SMILES string of the molecule is CCOc1ccc2nc(N(Cc3ccccn3)C(=O)CCS(=O)(=O)Cc3ccccc3)sc2c1. The smallest absolute Gasteiger partial charge is 0.230 e. The molecule has 0 fully saturated rings. The summed E-state index contributed by atoms with van der Waals surface area (Å²) in [5, 5.41) is 0.500. The third-order valence-corrected chi connectivity index (χ3v) is 7.73. The third-order valence-electron chi connectivity index (χ3n) is 5.09. The minimum Gasteiger partial charge on any atom is -0.494 e. The number of anilines is 1. The van der Waals surface area contributed by atoms with Gasteiger partial charge in [-0.05, 0) is 42.8 Å². The van der Waals surface area contributed by atoms with Crippen molar-refractivity contribution in [2.75, 3.05) is 17.3 Å². The van der Waals surface area contributed by atoms with Gasteiger partial charge in [-0.15, -0.1) is 0 Å². The number of carbonyl (C=O) groups excluding carboxylic acids is 1. The summed E-state index contributed by atoms with van der Waals surface area (Å²) in [5.74, 6) is 0.0906. The molecule has 2 aromatic carbocycles. The number of sulfone groups is 1. The van der Waals surface area contributed by atoms with Crippen LogP contribution in [0.1, 0.15) is 24.6 Å². The van der Waals surface area contributed by atoms with Gasteiger partial charge in [-0.2, -0.15) is 0 Å². The van der Waals surface area contributed by atoms with Crippen molar-refractivity contribution < 1.29 is 17.9 Å². The molecule has 0 saturated carbocycles. The molecule has 0 radical (unpaired) electrons. The Morgan fingerprint density at radius 2 is 1.85 bits per heavy atom. The molecule has 0 aliphatic heterocycles. The quantitative estimate of drug-likeness (QED) is 0.319. The molecule has 0 unspecified atom stereocenters. The van der Waals surface area contributed by atoms with E-state index in [9.17, 15) is 13.2 Å². The minimum atomic E-state index is -3.45. The Labute approximate surface area is 203 Å². The van der Waals surface area contributed by atoms with Gasteiger partial charge in [0, 0.05) is 12.6 Å². The highest BCUT2D eigenvalue weighted by Gasteiger charge is 2.23. The molecule has 9 heteroatoms. The number of fused-ring (bicyclic) bond motifs is 1. The fraction of sp³-hybridized carbons (Fsp3) is 0.240. The molecule has 0 bridgehead atoms. The van der Waals surface area contributed by atoms with Crippen molar-refractivity contribution in [3.05, 3.63) is 84.2 Å². The Bertz CT molecular complexity index is 1360. The van der Waals surface area contributed by atoms with Crippen LogP contribution in [0.3, 0.4) is 0 Å². The van der Waals surface area contributed by atoms with Crippen molar-refractivity contribution in [1.29, 1.82) is 0 Å². The molecule has 0 aliphatic carbocycles. The van der Waals surface area contributed by atoms with E-state index in [1.54, 1.807) is 36.5 Å². The van der Waals surface area contributed by atoms with Gasteiger partial charge < -0.3 is 4.74 Å². The zero-order valence-electron chi connectivity index (χ0n) is 18.8. The standard InChI is InChI=1S/C25H25N3O4S2/c1-2-32-21-11-12-22-23(16-21)33-25(27-22)28(17-20-10-6-7-14-26-20)24(29)13-15-34(30,31)18-19-8-4-3-5-9-19/h3-12,14,16H,2,13,15,17-18H2,1H3. The van der Waals surface area contributed by atoms with Gasteiger partial charge in [0.15, 0.2) is 15.0 Å². The molecule has 0 N–H and O–H groups in total. The topological polar surface area (TPSA) is 89.5 Å². The summed E-state index contributed by atoms with van der Waals surface area (Å²) >= 11 is 1.37. The number of aromatic nitrogens is 2. The number of carbonyl (C=O) groups is 1. The Morgan fingerprint density at radius 1 is 1.06 bits per heavy atom. The maximum Gasteiger partial charge on any atom is 0.230 e. The second kappa shape index (κ2) is 10.8. The number of rotatable bonds is 10. The molecule has 4 rings (SSSR count). The van der Waals surface area contributed by atoms with Crippen molar-refractivity contribution in [2.45, 2.75) is 25.6 Å². The van der Waals surface area contributed by atoms with Crippen molar-refractivity contribution in [3.63, 3.8) is 0 Å². The van der Waals surface area contributed by atoms with Gasteiger partial charge in [-0.3, -0.25) is 14.7 Å². The van der Waals surface area contributed by atoms with Crippen LogP contribution in [0.5, 0.6) is 5.75 Å². The molecule has 0 saturated heterocycles. The summed E-state index contributed by atoms with van der Waals surface area (Å²) in [6.45, 7) is 2.68. The first kappa shape index (κ1) is 23.8. The molecular formula is C25H25N3O4S2. The predicted octanol–water partition coefficient (Wildman–Crippen LogP) is 4.63. The molecule has 4 aromatic rings. The van der Waals surface area contributed by atoms with Crippen LogP contribution in [-0.2, 0) is 26.9 Å². The lowest BCUT2D eigenvalue weighted by Crippen LogP contribution is -2.32. The van der Waals surface area contributed by atoms with E-state index in [0.717, 1.165) is 16.0 Å². The minimum absolute atomic E-state index is 0.0945. The van der Waals surface area contributed by atoms with Crippen molar-refractivity contribution >= 4 is 42.4 Å². The molecule has 176 valence electrons. The summed E-state index contributed by atoms with van der Waals surface area (Å²) in [5.41, 5.74) is 2.15. The van der Waals surface area contributed by atoms with Crippen LogP contribution in [0.4, 0.5) is 5.13 Å². The van der Waals surface area contributed by atoms with E-state index in [1.807, 2.05) is 43.3 Å². The van der Waals surface area contributed by atoms with E-state index in [2.05, 4.69) is 9.97 Å². The van der Waals surface area contributed by atoms with E-state index in [-0.39, 0.29) is 30.4 Å². The monoisotopic (exact) mass is 495 g/mol. The van der Waals surface area contributed by atoms with Crippen LogP contribution in [-0.4, -0.2) is 36.7 Å². The maximum atomic E-state index is 13.3. The van der Waals surface area contributed by atoms with Crippen LogP contribution >= 0.6 is 11.3 Å². The number of thiazole rings is 1. The number of hydrogen-bond donors (Lipinski definition) is 0. The second-order valence-electron chi connectivity index (χ2n) is 7.69. The molecule has 0 aliphatic rings. The van der Waals surface area contributed by atoms with E-state index in [0.29, 0.717) is 23.0 Å². The summed E-state index contributed by atoms with van der Waals surface area (Å²) in [7, 11) is -3.45. The maximum absolute atomic E-state index is 13.3. The average Bonchev–Trinajstić information content (AvgIpc) is 3.25. The first-order valence-corrected chi connectivity index (χ1v) is 13.6. The number of benzene rings is 2. The molecular weight excluding hydrogens is 470 g/mol. The highest BCUT2D eigenvalue weighted by molar-refractivity contribution is 7.90. The van der Waals surface area contributed by atoms with E-state index in [1.165, 1.54) is 16.2 Å². The third kappa shape index (κ3) is 6.18. The Morgan fingerprint density at radius 3 is 2.59 bits per heavy atom. The van der Waals surface area contributed by atoms with Crippen LogP contribution in [0, 0.1) is 0 Å². The molecule has 2 aromatic heterocycles. The van der Waals surface area contributed by atoms with Crippen molar-refractivity contribution in [3.8, 4) is 5.75 Å². The Hall–Kier alpha value is -3.30. The van der Waals surface area contributed by atoms with E-state index < -0.39 is 9.84 Å². The van der Waals surface area contributed by atoms with Gasteiger partial charge in [0.2, 0.25) is 5.91 Å². The lowest BCUT2D eigenvalue weighted by atomic mass is 10.2. The van der Waals surface area contributed by atoms with Crippen LogP contribution in [0.15, 0.2) is 72.9 Å². The number of nitrogens with zero attached hydrogens (tertiary/aromatic N) is 3. The summed E-state index contributed by atoms with van der Waals surface area (Å²) in [6.07, 6.45) is 1.52. The first-order valence-electron chi connectivity index (χ1n) is 10.9. The fourth-order valence-corrected chi connectivity index (χ4v) is 5.80. The lowest BCUT2D eigenvalue weighted by Gasteiger charge is -2.19. The molecule has 34 heavy (non-hydrogen) atoms. The summed E-state index contributed by atoms with van der Waals surface area (Å²) in [4.78, 5) is 23.8. The van der Waals surface area contributed by atoms with Crippen LogP contribution in [0.2, 0.25) is 0 Å². The highest BCUT2D eigenvalue weighted by atomic mass is 32.2. The van der Waals surface area contributed by atoms with Gasteiger partial charge in [-0.25, -0.2) is 13.4 Å². The number of pyridine rings is 1. The molecule has 7 nitrogen and oxygen atoms in total. The highest BCUT2D eigenvalue weighted by Crippen LogP contribution is 2.32. The van der Waals surface area contributed by atoms with Crippen LogP contribution in [0.25, 0.3) is 10.2 Å². The zero-order valence-corrected chi connectivity index (χ0v) is 20.4. The van der Waals surface area contributed by atoms with Gasteiger partial charge in [0.1, 0.15) is 5.75 Å². The number of amides is 1. The normalized spacial score (nSPS) is 11.4. The van der Waals surface area contributed by atoms with Gasteiger partial charge in [-0.1, -0.05) is 47.7 Å². The Kier molecular flexibility index (Phi) is 7.54. The largest absolute Gasteiger partial charge is 0.494 e. The molecule has 0 spiro atoms. The summed E-state index contributed by atoms with van der Waals surface area (Å²) < 4.78 is 31.8. The van der Waals surface area contributed by atoms with Gasteiger partial charge >= 0.3 is 0 Å². The zero-order chi connectivity index (χ0) is 24.0. The van der Waals surface area contributed by atoms with Crippen molar-refractivity contribution in [2.24, 2.45) is 0 Å². The lowest BCUT2D eigenvalue weighted by molar-refractivity contribution is -0.118. The van der Waals surface area contributed by atoms with Crippen molar-refractivity contribution in [1.82, 2.24) is 9.97 Å². The van der Waals surface area contributed by atoms with Crippen LogP contribution < -0.4 is 9.64 Å². The van der Waals surface area contributed by atoms with Gasteiger partial charge in [0.05, 0.1) is 40.6 Å². The molecule has 2 heterocycles. The van der Waals surface area contributed by atoms with E-state index in [4.69, 9.17) is 4.74 Å². The van der Waals surface area contributed by atoms with E-state index >= 15 is 0 Å². The molecule has 0 atom stereocenters. The predicted molar refractivity (Wildman–Crippen MR) is 135 cm³/mol. The Balaban J connectivity index is 1.56. The molecule has 1 amide bonds.